The molecule has 106 valence electrons. The quantitative estimate of drug-likeness (QED) is 0.475. The minimum atomic E-state index is -0.531. The van der Waals surface area contributed by atoms with Crippen LogP contribution in [-0.2, 0) is 0 Å². The lowest BCUT2D eigenvalue weighted by Crippen LogP contribution is -1.88. The van der Waals surface area contributed by atoms with E-state index >= 15 is 0 Å². The van der Waals surface area contributed by atoms with E-state index < -0.39 is 9.85 Å². The molecule has 0 bridgehead atoms. The number of azo groups is 1. The molecule has 0 amide bonds. The Morgan fingerprint density at radius 3 is 2.14 bits per heavy atom. The SMILES string of the molecule is Cc1ccc(N=Nc2ccc([N+](=O)[O-])cc2)c([N+](=O)[O-])c1. The third-order valence-electron chi connectivity index (χ3n) is 2.66. The number of rotatable bonds is 4. The normalized spacial score (nSPS) is 10.7. The highest BCUT2D eigenvalue weighted by Crippen LogP contribution is 2.30. The highest BCUT2D eigenvalue weighted by Gasteiger charge is 2.13. The molecule has 8 heteroatoms. The van der Waals surface area contributed by atoms with Gasteiger partial charge in [-0.2, -0.15) is 5.11 Å². The van der Waals surface area contributed by atoms with Gasteiger partial charge in [0, 0.05) is 18.2 Å². The first-order valence-electron chi connectivity index (χ1n) is 5.88. The average Bonchev–Trinajstić information content (AvgIpc) is 2.46. The molecular weight excluding hydrogens is 276 g/mol. The van der Waals surface area contributed by atoms with Crippen LogP contribution in [-0.4, -0.2) is 9.85 Å². The van der Waals surface area contributed by atoms with Crippen LogP contribution < -0.4 is 0 Å². The van der Waals surface area contributed by atoms with Gasteiger partial charge >= 0.3 is 0 Å². The molecule has 0 N–H and O–H groups in total. The molecule has 0 aromatic heterocycles. The van der Waals surface area contributed by atoms with E-state index in [2.05, 4.69) is 10.2 Å². The number of nitro groups is 2. The molecule has 0 saturated carbocycles. The van der Waals surface area contributed by atoms with Crippen molar-refractivity contribution in [2.45, 2.75) is 6.92 Å². The van der Waals surface area contributed by atoms with E-state index in [-0.39, 0.29) is 17.1 Å². The molecule has 0 radical (unpaired) electrons. The summed E-state index contributed by atoms with van der Waals surface area (Å²) >= 11 is 0. The zero-order valence-corrected chi connectivity index (χ0v) is 11.0. The fourth-order valence-electron chi connectivity index (χ4n) is 1.62. The van der Waals surface area contributed by atoms with Gasteiger partial charge in [-0.05, 0) is 30.7 Å². The minimum absolute atomic E-state index is 0.0599. The fourth-order valence-corrected chi connectivity index (χ4v) is 1.62. The zero-order chi connectivity index (χ0) is 15.4. The molecule has 0 spiro atoms. The van der Waals surface area contributed by atoms with Gasteiger partial charge in [0.2, 0.25) is 0 Å². The third kappa shape index (κ3) is 3.44. The van der Waals surface area contributed by atoms with Crippen LogP contribution >= 0.6 is 0 Å². The van der Waals surface area contributed by atoms with E-state index in [1.807, 2.05) is 0 Å². The topological polar surface area (TPSA) is 111 Å². The van der Waals surface area contributed by atoms with Gasteiger partial charge in [0.15, 0.2) is 5.69 Å². The van der Waals surface area contributed by atoms with Crippen LogP contribution in [0.1, 0.15) is 5.56 Å². The first-order valence-corrected chi connectivity index (χ1v) is 5.88. The molecule has 0 saturated heterocycles. The Labute approximate surface area is 119 Å². The number of nitro benzene ring substituents is 2. The van der Waals surface area contributed by atoms with Gasteiger partial charge in [0.05, 0.1) is 15.5 Å². The monoisotopic (exact) mass is 286 g/mol. The summed E-state index contributed by atoms with van der Waals surface area (Å²) in [5.41, 5.74) is 1.05. The van der Waals surface area contributed by atoms with Crippen LogP contribution in [0.15, 0.2) is 52.7 Å². The first kappa shape index (κ1) is 14.3. The molecule has 21 heavy (non-hydrogen) atoms. The highest BCUT2D eigenvalue weighted by molar-refractivity contribution is 5.58. The van der Waals surface area contributed by atoms with Crippen molar-refractivity contribution in [3.05, 3.63) is 68.3 Å². The average molecular weight is 286 g/mol. The van der Waals surface area contributed by atoms with E-state index in [0.717, 1.165) is 5.56 Å². The molecule has 0 aliphatic carbocycles. The maximum atomic E-state index is 10.9. The lowest BCUT2D eigenvalue weighted by atomic mass is 10.2. The lowest BCUT2D eigenvalue weighted by Gasteiger charge is -1.98. The molecule has 8 nitrogen and oxygen atoms in total. The molecule has 2 rings (SSSR count). The highest BCUT2D eigenvalue weighted by atomic mass is 16.6. The van der Waals surface area contributed by atoms with Crippen molar-refractivity contribution in [1.29, 1.82) is 0 Å². The van der Waals surface area contributed by atoms with Gasteiger partial charge in [-0.3, -0.25) is 20.2 Å². The van der Waals surface area contributed by atoms with E-state index in [9.17, 15) is 20.2 Å². The predicted octanol–water partition coefficient (Wildman–Crippen LogP) is 4.23. The number of nitrogens with zero attached hydrogens (tertiary/aromatic N) is 4. The van der Waals surface area contributed by atoms with Crippen molar-refractivity contribution in [1.82, 2.24) is 0 Å². The molecule has 2 aromatic carbocycles. The summed E-state index contributed by atoms with van der Waals surface area (Å²) in [4.78, 5) is 20.4. The smallest absolute Gasteiger partial charge is 0.258 e. The maximum Gasteiger partial charge on any atom is 0.296 e. The second-order valence-corrected chi connectivity index (χ2v) is 4.22. The van der Waals surface area contributed by atoms with Gasteiger partial charge in [-0.15, -0.1) is 5.11 Å². The van der Waals surface area contributed by atoms with E-state index in [1.165, 1.54) is 36.4 Å². The van der Waals surface area contributed by atoms with Crippen LogP contribution in [0.25, 0.3) is 0 Å². The molecule has 0 unspecified atom stereocenters. The summed E-state index contributed by atoms with van der Waals surface area (Å²) in [6, 6.07) is 10.0. The number of hydrogen-bond acceptors (Lipinski definition) is 6. The molecular formula is C13H10N4O4. The Bertz CT molecular complexity index is 725. The molecule has 0 aliphatic heterocycles. The van der Waals surface area contributed by atoms with Gasteiger partial charge in [0.1, 0.15) is 0 Å². The van der Waals surface area contributed by atoms with Gasteiger partial charge < -0.3 is 0 Å². The maximum absolute atomic E-state index is 10.9. The van der Waals surface area contributed by atoms with Crippen LogP contribution in [0.3, 0.4) is 0 Å². The second kappa shape index (κ2) is 5.87. The minimum Gasteiger partial charge on any atom is -0.258 e. The Kier molecular flexibility index (Phi) is 3.98. The molecule has 0 heterocycles. The zero-order valence-electron chi connectivity index (χ0n) is 11.0. The van der Waals surface area contributed by atoms with Crippen molar-refractivity contribution >= 4 is 22.7 Å². The molecule has 0 atom stereocenters. The Morgan fingerprint density at radius 2 is 1.57 bits per heavy atom. The summed E-state index contributed by atoms with van der Waals surface area (Å²) in [6.45, 7) is 1.74. The van der Waals surface area contributed by atoms with Crippen LogP contribution in [0.4, 0.5) is 22.7 Å². The third-order valence-corrected chi connectivity index (χ3v) is 2.66. The van der Waals surface area contributed by atoms with E-state index in [0.29, 0.717) is 5.69 Å². The van der Waals surface area contributed by atoms with Crippen molar-refractivity contribution in [2.75, 3.05) is 0 Å². The Balaban J connectivity index is 2.29. The summed E-state index contributed by atoms with van der Waals surface area (Å²) < 4.78 is 0. The number of non-ortho nitro benzene ring substituents is 1. The van der Waals surface area contributed by atoms with Crippen molar-refractivity contribution in [3.63, 3.8) is 0 Å². The largest absolute Gasteiger partial charge is 0.296 e. The van der Waals surface area contributed by atoms with Gasteiger partial charge in [-0.1, -0.05) is 6.07 Å². The molecule has 2 aromatic rings. The van der Waals surface area contributed by atoms with Crippen LogP contribution in [0, 0.1) is 27.2 Å². The van der Waals surface area contributed by atoms with Gasteiger partial charge in [0.25, 0.3) is 11.4 Å². The number of aryl methyl sites for hydroxylation is 1. The van der Waals surface area contributed by atoms with E-state index in [4.69, 9.17) is 0 Å². The van der Waals surface area contributed by atoms with Crippen molar-refractivity contribution < 1.29 is 9.85 Å². The summed E-state index contributed by atoms with van der Waals surface area (Å²) in [6.07, 6.45) is 0. The van der Waals surface area contributed by atoms with Crippen LogP contribution in [0.5, 0.6) is 0 Å². The first-order chi connectivity index (χ1) is 9.97. The summed E-state index contributed by atoms with van der Waals surface area (Å²) in [7, 11) is 0. The van der Waals surface area contributed by atoms with Crippen molar-refractivity contribution in [2.24, 2.45) is 10.2 Å². The molecule has 0 fully saturated rings. The van der Waals surface area contributed by atoms with E-state index in [1.54, 1.807) is 13.0 Å². The van der Waals surface area contributed by atoms with Crippen molar-refractivity contribution in [3.8, 4) is 0 Å². The van der Waals surface area contributed by atoms with Crippen LogP contribution in [0.2, 0.25) is 0 Å². The van der Waals surface area contributed by atoms with Gasteiger partial charge in [-0.25, -0.2) is 0 Å². The predicted molar refractivity (Wildman–Crippen MR) is 75.1 cm³/mol. The fraction of sp³-hybridized carbons (Fsp3) is 0.0769. The Morgan fingerprint density at radius 1 is 0.905 bits per heavy atom. The summed E-state index contributed by atoms with van der Waals surface area (Å²) in [5.74, 6) is 0. The number of benzene rings is 2. The molecule has 0 aliphatic rings. The Hall–Kier alpha value is -3.16. The number of hydrogen-bond donors (Lipinski definition) is 0. The summed E-state index contributed by atoms with van der Waals surface area (Å²) in [5, 5.41) is 29.1. The second-order valence-electron chi connectivity index (χ2n) is 4.22. The standard InChI is InChI=1S/C13H10N4O4/c1-9-2-7-12(13(8-9)17(20)21)15-14-10-3-5-11(6-4-10)16(18)19/h2-8H,1H3. The lowest BCUT2D eigenvalue weighted by molar-refractivity contribution is -0.384.